The third kappa shape index (κ3) is 3.16. The molecule has 0 aliphatic carbocycles. The molecule has 1 heterocycles. The minimum atomic E-state index is -0.559. The number of aromatic hydroxyl groups is 1. The first-order valence-corrected chi connectivity index (χ1v) is 8.12. The summed E-state index contributed by atoms with van der Waals surface area (Å²) >= 11 is 6.38. The number of furan rings is 1. The molecule has 0 spiro atoms. The van der Waals surface area contributed by atoms with Crippen LogP contribution in [0.5, 0.6) is 11.5 Å². The summed E-state index contributed by atoms with van der Waals surface area (Å²) in [5.41, 5.74) is 1.16. The Morgan fingerprint density at radius 1 is 1.42 bits per heavy atom. The number of ether oxygens (including phenoxy) is 2. The Morgan fingerprint density at radius 2 is 2.08 bits per heavy atom. The van der Waals surface area contributed by atoms with Crippen LogP contribution >= 0.6 is 11.6 Å². The molecule has 0 amide bonds. The van der Waals surface area contributed by atoms with Gasteiger partial charge in [-0.1, -0.05) is 25.4 Å². The van der Waals surface area contributed by atoms with Crippen LogP contribution in [-0.2, 0) is 11.3 Å². The Balaban J connectivity index is 2.78. The topological polar surface area (TPSA) is 80.9 Å². The SMILES string of the molecule is CCOC(=O)c1c(C)oc2c(CNC(C)C)c(Cl)c(OC)c(O)c12. The van der Waals surface area contributed by atoms with Crippen LogP contribution < -0.4 is 10.1 Å². The molecule has 132 valence electrons. The van der Waals surface area contributed by atoms with Crippen LogP contribution in [0.2, 0.25) is 5.02 Å². The zero-order chi connectivity index (χ0) is 18.0. The molecule has 2 aromatic rings. The van der Waals surface area contributed by atoms with Gasteiger partial charge in [-0.05, 0) is 13.8 Å². The number of phenolic OH excluding ortho intramolecular Hbond substituents is 1. The molecule has 1 aromatic carbocycles. The Labute approximate surface area is 145 Å². The highest BCUT2D eigenvalue weighted by molar-refractivity contribution is 6.34. The second kappa shape index (κ2) is 7.32. The number of hydrogen-bond acceptors (Lipinski definition) is 6. The van der Waals surface area contributed by atoms with Gasteiger partial charge in [0.05, 0.1) is 24.1 Å². The standard InChI is InChI=1S/C17H22ClNO5/c1-6-23-17(21)11-9(4)24-15-10(7-19-8(2)3)13(18)16(22-5)14(20)12(11)15/h8,19-20H,6-7H2,1-5H3. The van der Waals surface area contributed by atoms with Gasteiger partial charge in [0.15, 0.2) is 11.5 Å². The maximum Gasteiger partial charge on any atom is 0.342 e. The predicted octanol–water partition coefficient (Wildman–Crippen LogP) is 3.78. The van der Waals surface area contributed by atoms with E-state index in [2.05, 4.69) is 5.32 Å². The van der Waals surface area contributed by atoms with Crippen LogP contribution in [-0.4, -0.2) is 30.8 Å². The average molecular weight is 356 g/mol. The number of benzene rings is 1. The van der Waals surface area contributed by atoms with Crippen LogP contribution in [0.4, 0.5) is 0 Å². The molecule has 0 atom stereocenters. The van der Waals surface area contributed by atoms with Crippen molar-refractivity contribution in [2.24, 2.45) is 0 Å². The lowest BCUT2D eigenvalue weighted by molar-refractivity contribution is 0.0526. The fourth-order valence-electron chi connectivity index (χ4n) is 2.54. The lowest BCUT2D eigenvalue weighted by Gasteiger charge is -2.14. The molecule has 2 rings (SSSR count). The summed E-state index contributed by atoms with van der Waals surface area (Å²) in [4.78, 5) is 12.3. The number of halogens is 1. The second-order valence-corrected chi connectivity index (χ2v) is 6.05. The Morgan fingerprint density at radius 3 is 2.62 bits per heavy atom. The van der Waals surface area contributed by atoms with E-state index >= 15 is 0 Å². The minimum Gasteiger partial charge on any atom is -0.504 e. The first kappa shape index (κ1) is 18.4. The molecule has 0 radical (unpaired) electrons. The van der Waals surface area contributed by atoms with Gasteiger partial charge in [0.2, 0.25) is 0 Å². The summed E-state index contributed by atoms with van der Waals surface area (Å²) in [6.07, 6.45) is 0. The monoisotopic (exact) mass is 355 g/mol. The van der Waals surface area contributed by atoms with Crippen molar-refractivity contribution in [2.45, 2.75) is 40.3 Å². The third-order valence-corrected chi connectivity index (χ3v) is 4.05. The van der Waals surface area contributed by atoms with E-state index in [0.717, 1.165) is 0 Å². The summed E-state index contributed by atoms with van der Waals surface area (Å²) < 4.78 is 16.1. The molecule has 0 bridgehead atoms. The summed E-state index contributed by atoms with van der Waals surface area (Å²) in [6.45, 7) is 7.98. The van der Waals surface area contributed by atoms with E-state index in [0.29, 0.717) is 23.5 Å². The molecule has 2 N–H and O–H groups in total. The number of esters is 1. The highest BCUT2D eigenvalue weighted by atomic mass is 35.5. The number of hydrogen-bond donors (Lipinski definition) is 2. The summed E-state index contributed by atoms with van der Waals surface area (Å²) in [6, 6.07) is 0.219. The molecule has 0 unspecified atom stereocenters. The van der Waals surface area contributed by atoms with Crippen molar-refractivity contribution in [3.05, 3.63) is 21.9 Å². The average Bonchev–Trinajstić information content (AvgIpc) is 2.85. The van der Waals surface area contributed by atoms with Gasteiger partial charge in [0.25, 0.3) is 0 Å². The second-order valence-electron chi connectivity index (χ2n) is 5.67. The quantitative estimate of drug-likeness (QED) is 0.767. The van der Waals surface area contributed by atoms with E-state index < -0.39 is 5.97 Å². The first-order chi connectivity index (χ1) is 11.3. The number of carbonyl (C=O) groups excluding carboxylic acids is 1. The molecule has 6 nitrogen and oxygen atoms in total. The van der Waals surface area contributed by atoms with Crippen molar-refractivity contribution in [1.82, 2.24) is 5.32 Å². The van der Waals surface area contributed by atoms with Crippen molar-refractivity contribution >= 4 is 28.5 Å². The van der Waals surface area contributed by atoms with Crippen LogP contribution in [0.25, 0.3) is 11.0 Å². The molecule has 0 aliphatic rings. The van der Waals surface area contributed by atoms with E-state index in [1.54, 1.807) is 13.8 Å². The van der Waals surface area contributed by atoms with Crippen molar-refractivity contribution in [3.8, 4) is 11.5 Å². The van der Waals surface area contributed by atoms with Gasteiger partial charge in [-0.25, -0.2) is 4.79 Å². The summed E-state index contributed by atoms with van der Waals surface area (Å²) in [7, 11) is 1.41. The number of fused-ring (bicyclic) bond motifs is 1. The van der Waals surface area contributed by atoms with Crippen molar-refractivity contribution in [3.63, 3.8) is 0 Å². The molecular weight excluding hydrogens is 334 g/mol. The van der Waals surface area contributed by atoms with Crippen molar-refractivity contribution in [2.75, 3.05) is 13.7 Å². The molecule has 0 fully saturated rings. The van der Waals surface area contributed by atoms with Crippen molar-refractivity contribution in [1.29, 1.82) is 0 Å². The molecule has 0 aliphatic heterocycles. The van der Waals surface area contributed by atoms with E-state index in [4.69, 9.17) is 25.5 Å². The molecule has 7 heteroatoms. The Bertz CT molecular complexity index is 766. The van der Waals surface area contributed by atoms with Crippen molar-refractivity contribution < 1.29 is 23.8 Å². The van der Waals surface area contributed by atoms with E-state index in [9.17, 15) is 9.90 Å². The summed E-state index contributed by atoms with van der Waals surface area (Å²) in [5.74, 6) is -0.327. The lowest BCUT2D eigenvalue weighted by atomic mass is 10.0. The number of methoxy groups -OCH3 is 1. The summed E-state index contributed by atoms with van der Waals surface area (Å²) in [5, 5.41) is 14.3. The molecule has 24 heavy (non-hydrogen) atoms. The maximum atomic E-state index is 12.3. The normalized spacial score (nSPS) is 11.3. The fourth-order valence-corrected chi connectivity index (χ4v) is 2.86. The zero-order valence-corrected chi connectivity index (χ0v) is 15.2. The molecule has 0 saturated heterocycles. The van der Waals surface area contributed by atoms with Gasteiger partial charge < -0.3 is 24.3 Å². The van der Waals surface area contributed by atoms with Crippen LogP contribution in [0.1, 0.15) is 42.5 Å². The van der Waals surface area contributed by atoms with Crippen LogP contribution in [0, 0.1) is 6.92 Å². The lowest BCUT2D eigenvalue weighted by Crippen LogP contribution is -2.22. The maximum absolute atomic E-state index is 12.3. The Hall–Kier alpha value is -1.92. The predicted molar refractivity (Wildman–Crippen MR) is 92.1 cm³/mol. The molecular formula is C17H22ClNO5. The number of rotatable bonds is 6. The van der Waals surface area contributed by atoms with E-state index in [1.165, 1.54) is 7.11 Å². The van der Waals surface area contributed by atoms with Gasteiger partial charge in [-0.2, -0.15) is 0 Å². The highest BCUT2D eigenvalue weighted by Crippen LogP contribution is 2.47. The van der Waals surface area contributed by atoms with Gasteiger partial charge in [0, 0.05) is 18.2 Å². The van der Waals surface area contributed by atoms with Gasteiger partial charge in [0.1, 0.15) is 16.9 Å². The molecule has 1 aromatic heterocycles. The Kier molecular flexibility index (Phi) is 5.62. The fraction of sp³-hybridized carbons (Fsp3) is 0.471. The van der Waals surface area contributed by atoms with E-state index in [1.807, 2.05) is 13.8 Å². The smallest absolute Gasteiger partial charge is 0.342 e. The third-order valence-electron chi connectivity index (χ3n) is 3.65. The zero-order valence-electron chi connectivity index (χ0n) is 14.4. The molecule has 0 saturated carbocycles. The van der Waals surface area contributed by atoms with Gasteiger partial charge in [-0.15, -0.1) is 0 Å². The number of aryl methyl sites for hydroxylation is 1. The first-order valence-electron chi connectivity index (χ1n) is 7.74. The number of phenols is 1. The minimum absolute atomic E-state index is 0.107. The van der Waals surface area contributed by atoms with Crippen LogP contribution in [0.15, 0.2) is 4.42 Å². The largest absolute Gasteiger partial charge is 0.504 e. The van der Waals surface area contributed by atoms with E-state index in [-0.39, 0.29) is 40.1 Å². The van der Waals surface area contributed by atoms with Gasteiger partial charge >= 0.3 is 5.97 Å². The van der Waals surface area contributed by atoms with Gasteiger partial charge in [-0.3, -0.25) is 0 Å². The number of nitrogens with one attached hydrogen (secondary N) is 1. The highest BCUT2D eigenvalue weighted by Gasteiger charge is 2.29. The van der Waals surface area contributed by atoms with Crippen LogP contribution in [0.3, 0.4) is 0 Å². The number of carbonyl (C=O) groups is 1.